The Morgan fingerprint density at radius 1 is 1.37 bits per heavy atom. The zero-order valence-electron chi connectivity index (χ0n) is 11.1. The van der Waals surface area contributed by atoms with Crippen LogP contribution in [0, 0.1) is 4.77 Å². The van der Waals surface area contributed by atoms with Crippen LogP contribution < -0.4 is 0 Å². The molecule has 0 N–H and O–H groups in total. The number of tetrazole rings is 1. The van der Waals surface area contributed by atoms with Gasteiger partial charge in [-0.15, -0.1) is 0 Å². The van der Waals surface area contributed by atoms with Crippen molar-refractivity contribution in [1.29, 1.82) is 0 Å². The van der Waals surface area contributed by atoms with Crippen LogP contribution in [0.1, 0.15) is 33.2 Å². The first-order valence-corrected chi connectivity index (χ1v) is 6.63. The lowest BCUT2D eigenvalue weighted by Gasteiger charge is -2.26. The van der Waals surface area contributed by atoms with Gasteiger partial charge in [0.1, 0.15) is 6.10 Å². The number of ketones is 1. The van der Waals surface area contributed by atoms with Gasteiger partial charge in [0.15, 0.2) is 5.78 Å². The highest BCUT2D eigenvalue weighted by Gasteiger charge is 2.45. The van der Waals surface area contributed by atoms with Gasteiger partial charge < -0.3 is 9.47 Å². The molecule has 2 saturated heterocycles. The predicted octanol–water partition coefficient (Wildman–Crippen LogP) is 0.819. The first-order valence-electron chi connectivity index (χ1n) is 6.23. The smallest absolute Gasteiger partial charge is 0.218 e. The van der Waals surface area contributed by atoms with Gasteiger partial charge in [0, 0.05) is 6.42 Å². The van der Waals surface area contributed by atoms with Crippen LogP contribution in [-0.4, -0.2) is 44.6 Å². The number of carbonyl (C=O) groups is 1. The lowest BCUT2D eigenvalue weighted by atomic mass is 10.0. The summed E-state index contributed by atoms with van der Waals surface area (Å²) in [6, 6.07) is -0.227. The highest BCUT2D eigenvalue weighted by atomic mass is 32.1. The van der Waals surface area contributed by atoms with Crippen LogP contribution in [0.5, 0.6) is 0 Å². The van der Waals surface area contributed by atoms with Gasteiger partial charge >= 0.3 is 0 Å². The number of ether oxygens (including phenoxy) is 2. The molecule has 8 heteroatoms. The maximum Gasteiger partial charge on any atom is 0.218 e. The third-order valence-electron chi connectivity index (χ3n) is 3.37. The van der Waals surface area contributed by atoms with Crippen LogP contribution in [0.25, 0.3) is 0 Å². The monoisotopic (exact) mass is 284 g/mol. The van der Waals surface area contributed by atoms with Gasteiger partial charge in [-0.3, -0.25) is 4.79 Å². The van der Waals surface area contributed by atoms with Gasteiger partial charge in [-0.2, -0.15) is 0 Å². The number of rotatable bonds is 1. The molecule has 0 aliphatic carbocycles. The summed E-state index contributed by atoms with van der Waals surface area (Å²) >= 11 is 5.40. The highest BCUT2D eigenvalue weighted by molar-refractivity contribution is 7.71. The van der Waals surface area contributed by atoms with Gasteiger partial charge in [-0.05, 0) is 43.4 Å². The second kappa shape index (κ2) is 4.19. The van der Waals surface area contributed by atoms with Crippen molar-refractivity contribution in [2.24, 2.45) is 0 Å². The Labute approximate surface area is 115 Å². The third-order valence-corrected chi connectivity index (χ3v) is 3.73. The van der Waals surface area contributed by atoms with Crippen molar-refractivity contribution < 1.29 is 14.3 Å². The molecule has 1 aromatic heterocycles. The van der Waals surface area contributed by atoms with E-state index in [-0.39, 0.29) is 23.5 Å². The summed E-state index contributed by atoms with van der Waals surface area (Å²) in [5, 5.41) is 8.18. The predicted molar refractivity (Wildman–Crippen MR) is 67.1 cm³/mol. The SMILES string of the molecule is CC(C)(C)n1nnn([C@H]2CC(=O)[C@H]3OC[C@@H]2O3)c1=S. The minimum atomic E-state index is -0.701. The molecular weight excluding hydrogens is 268 g/mol. The van der Waals surface area contributed by atoms with Gasteiger partial charge in [-0.1, -0.05) is 0 Å². The van der Waals surface area contributed by atoms with Crippen molar-refractivity contribution in [2.75, 3.05) is 6.61 Å². The van der Waals surface area contributed by atoms with Crippen molar-refractivity contribution >= 4 is 18.0 Å². The second-order valence-corrected chi connectivity index (χ2v) is 6.23. The molecule has 3 atom stereocenters. The molecule has 3 heterocycles. The van der Waals surface area contributed by atoms with E-state index in [1.807, 2.05) is 20.8 Å². The van der Waals surface area contributed by atoms with Crippen molar-refractivity contribution in [3.05, 3.63) is 4.77 Å². The van der Waals surface area contributed by atoms with E-state index < -0.39 is 6.29 Å². The molecule has 2 bridgehead atoms. The van der Waals surface area contributed by atoms with Gasteiger partial charge in [0.2, 0.25) is 11.1 Å². The molecule has 0 spiro atoms. The minimum Gasteiger partial charge on any atom is -0.343 e. The fourth-order valence-electron chi connectivity index (χ4n) is 2.35. The summed E-state index contributed by atoms with van der Waals surface area (Å²) in [4.78, 5) is 11.8. The van der Waals surface area contributed by atoms with Crippen LogP contribution in [0.4, 0.5) is 0 Å². The van der Waals surface area contributed by atoms with Crippen molar-refractivity contribution in [3.8, 4) is 0 Å². The molecule has 19 heavy (non-hydrogen) atoms. The van der Waals surface area contributed by atoms with E-state index in [1.165, 1.54) is 0 Å². The average Bonchev–Trinajstić information content (AvgIpc) is 2.88. The normalized spacial score (nSPS) is 30.9. The lowest BCUT2D eigenvalue weighted by Crippen LogP contribution is -2.37. The standard InChI is InChI=1S/C11H16N4O3S/c1-11(2,3)15-10(19)14(12-13-15)6-4-7(16)9-17-5-8(6)18-9/h6,8-9H,4-5H2,1-3H3/t6-,8-,9-/m0/s1. The summed E-state index contributed by atoms with van der Waals surface area (Å²) < 4.78 is 14.6. The van der Waals surface area contributed by atoms with Crippen LogP contribution in [0.3, 0.4) is 0 Å². The molecule has 0 aromatic carbocycles. The maximum atomic E-state index is 11.8. The van der Waals surface area contributed by atoms with Gasteiger partial charge in [0.05, 0.1) is 18.2 Å². The molecule has 3 rings (SSSR count). The number of nitrogens with zero attached hydrogens (tertiary/aromatic N) is 4. The Morgan fingerprint density at radius 2 is 2.11 bits per heavy atom. The van der Waals surface area contributed by atoms with Crippen LogP contribution in [0.15, 0.2) is 0 Å². The number of carbonyl (C=O) groups excluding carboxylic acids is 1. The Balaban J connectivity index is 1.97. The molecule has 0 unspecified atom stereocenters. The van der Waals surface area contributed by atoms with Crippen LogP contribution >= 0.6 is 12.2 Å². The van der Waals surface area contributed by atoms with E-state index in [1.54, 1.807) is 9.36 Å². The lowest BCUT2D eigenvalue weighted by molar-refractivity contribution is -0.156. The van der Waals surface area contributed by atoms with Crippen LogP contribution in [0.2, 0.25) is 0 Å². The molecule has 2 aliphatic rings. The van der Waals surface area contributed by atoms with E-state index in [2.05, 4.69) is 10.4 Å². The maximum absolute atomic E-state index is 11.8. The molecule has 2 fully saturated rings. The third kappa shape index (κ3) is 2.03. The summed E-state index contributed by atoms with van der Waals surface area (Å²) in [7, 11) is 0. The van der Waals surface area contributed by atoms with Gasteiger partial charge in [0.25, 0.3) is 0 Å². The summed E-state index contributed by atoms with van der Waals surface area (Å²) in [6.07, 6.45) is -0.556. The first-order chi connectivity index (χ1) is 8.88. The fraction of sp³-hybridized carbons (Fsp3) is 0.818. The molecule has 7 nitrogen and oxygen atoms in total. The average molecular weight is 284 g/mol. The van der Waals surface area contributed by atoms with Crippen molar-refractivity contribution in [3.63, 3.8) is 0 Å². The van der Waals surface area contributed by atoms with Crippen molar-refractivity contribution in [2.45, 2.75) is 51.2 Å². The van der Waals surface area contributed by atoms with Crippen LogP contribution in [-0.2, 0) is 19.8 Å². The van der Waals surface area contributed by atoms with E-state index in [9.17, 15) is 4.79 Å². The Bertz CT molecular complexity index is 573. The van der Waals surface area contributed by atoms with E-state index in [4.69, 9.17) is 21.7 Å². The Kier molecular flexibility index (Phi) is 2.84. The van der Waals surface area contributed by atoms with E-state index in [0.717, 1.165) is 0 Å². The molecule has 104 valence electrons. The number of hydrogen-bond donors (Lipinski definition) is 0. The molecular formula is C11H16N4O3S. The van der Waals surface area contributed by atoms with Crippen molar-refractivity contribution in [1.82, 2.24) is 19.8 Å². The first kappa shape index (κ1) is 12.9. The Morgan fingerprint density at radius 3 is 2.74 bits per heavy atom. The molecule has 0 radical (unpaired) electrons. The summed E-state index contributed by atoms with van der Waals surface area (Å²) in [5.74, 6) is -0.0639. The second-order valence-electron chi connectivity index (χ2n) is 5.87. The van der Waals surface area contributed by atoms with E-state index >= 15 is 0 Å². The molecule has 2 aliphatic heterocycles. The molecule has 0 amide bonds. The number of aromatic nitrogens is 4. The Hall–Kier alpha value is -1.12. The molecule has 1 aromatic rings. The van der Waals surface area contributed by atoms with E-state index in [0.29, 0.717) is 17.8 Å². The topological polar surface area (TPSA) is 71.2 Å². The quantitative estimate of drug-likeness (QED) is 0.711. The highest BCUT2D eigenvalue weighted by Crippen LogP contribution is 2.32. The zero-order valence-corrected chi connectivity index (χ0v) is 11.9. The molecule has 0 saturated carbocycles. The zero-order chi connectivity index (χ0) is 13.8. The minimum absolute atomic E-state index is 0.0639. The summed E-state index contributed by atoms with van der Waals surface area (Å²) in [6.45, 7) is 6.39. The number of hydrogen-bond acceptors (Lipinski definition) is 6. The fourth-order valence-corrected chi connectivity index (χ4v) is 2.84. The summed E-state index contributed by atoms with van der Waals surface area (Å²) in [5.41, 5.74) is -0.246. The number of Topliss-reactive ketones (excluding diaryl/α,β-unsaturated/α-hetero) is 1. The largest absolute Gasteiger partial charge is 0.343 e. The number of fused-ring (bicyclic) bond motifs is 2. The van der Waals surface area contributed by atoms with Gasteiger partial charge in [-0.25, -0.2) is 9.36 Å².